The SMILES string of the molecule is CN(C)c1nc(N(C)C)nc(N(C)C(C)(C)O)n1. The molecule has 0 radical (unpaired) electrons. The molecule has 0 aliphatic heterocycles. The van der Waals surface area contributed by atoms with Crippen molar-refractivity contribution in [1.29, 1.82) is 0 Å². The summed E-state index contributed by atoms with van der Waals surface area (Å²) in [6.07, 6.45) is 0. The van der Waals surface area contributed by atoms with Gasteiger partial charge in [-0.25, -0.2) is 0 Å². The Labute approximate surface area is 108 Å². The molecule has 1 heterocycles. The van der Waals surface area contributed by atoms with E-state index >= 15 is 0 Å². The van der Waals surface area contributed by atoms with Crippen LogP contribution in [0.3, 0.4) is 0 Å². The number of rotatable bonds is 4. The van der Waals surface area contributed by atoms with Gasteiger partial charge in [0.15, 0.2) is 0 Å². The maximum Gasteiger partial charge on any atom is 0.233 e. The van der Waals surface area contributed by atoms with Crippen molar-refractivity contribution in [2.24, 2.45) is 0 Å². The van der Waals surface area contributed by atoms with Crippen LogP contribution in [0.2, 0.25) is 0 Å². The van der Waals surface area contributed by atoms with Gasteiger partial charge in [0, 0.05) is 35.2 Å². The van der Waals surface area contributed by atoms with E-state index in [1.165, 1.54) is 0 Å². The first-order valence-corrected chi connectivity index (χ1v) is 5.70. The molecule has 7 nitrogen and oxygen atoms in total. The fraction of sp³-hybridized carbons (Fsp3) is 0.727. The molecule has 1 N–H and O–H groups in total. The Morgan fingerprint density at radius 2 is 1.11 bits per heavy atom. The molecule has 18 heavy (non-hydrogen) atoms. The van der Waals surface area contributed by atoms with Crippen LogP contribution in [0.25, 0.3) is 0 Å². The smallest absolute Gasteiger partial charge is 0.233 e. The second-order valence-electron chi connectivity index (χ2n) is 5.08. The fourth-order valence-electron chi connectivity index (χ4n) is 1.14. The van der Waals surface area contributed by atoms with Crippen LogP contribution < -0.4 is 14.7 Å². The summed E-state index contributed by atoms with van der Waals surface area (Å²) in [5.41, 5.74) is -1.03. The zero-order valence-electron chi connectivity index (χ0n) is 12.1. The summed E-state index contributed by atoms with van der Waals surface area (Å²) in [7, 11) is 9.20. The molecular weight excluding hydrogens is 232 g/mol. The van der Waals surface area contributed by atoms with Crippen molar-refractivity contribution >= 4 is 17.8 Å². The molecule has 0 aromatic carbocycles. The highest BCUT2D eigenvalue weighted by molar-refractivity contribution is 5.45. The number of hydrogen-bond acceptors (Lipinski definition) is 7. The van der Waals surface area contributed by atoms with E-state index < -0.39 is 5.72 Å². The maximum atomic E-state index is 10.00. The van der Waals surface area contributed by atoms with Crippen molar-refractivity contribution in [2.75, 3.05) is 49.9 Å². The van der Waals surface area contributed by atoms with Crippen molar-refractivity contribution in [3.8, 4) is 0 Å². The Morgan fingerprint density at radius 1 is 0.778 bits per heavy atom. The van der Waals surface area contributed by atoms with E-state index in [0.29, 0.717) is 17.8 Å². The summed E-state index contributed by atoms with van der Waals surface area (Å²) in [4.78, 5) is 18.2. The lowest BCUT2D eigenvalue weighted by Gasteiger charge is -2.31. The number of hydrogen-bond donors (Lipinski definition) is 1. The highest BCUT2D eigenvalue weighted by Crippen LogP contribution is 2.20. The summed E-state index contributed by atoms with van der Waals surface area (Å²) in [6, 6.07) is 0. The largest absolute Gasteiger partial charge is 0.371 e. The maximum absolute atomic E-state index is 10.00. The average molecular weight is 254 g/mol. The van der Waals surface area contributed by atoms with Gasteiger partial charge >= 0.3 is 0 Å². The third-order valence-electron chi connectivity index (χ3n) is 2.52. The van der Waals surface area contributed by atoms with Gasteiger partial charge in [-0.1, -0.05) is 0 Å². The summed E-state index contributed by atoms with van der Waals surface area (Å²) in [5, 5.41) is 10.00. The molecular formula is C11H22N6O. The molecule has 102 valence electrons. The normalized spacial score (nSPS) is 11.3. The molecule has 1 aromatic rings. The van der Waals surface area contributed by atoms with Crippen molar-refractivity contribution in [3.05, 3.63) is 0 Å². The van der Waals surface area contributed by atoms with E-state index in [2.05, 4.69) is 15.0 Å². The monoisotopic (exact) mass is 254 g/mol. The van der Waals surface area contributed by atoms with Crippen LogP contribution in [-0.4, -0.2) is 61.0 Å². The first-order valence-electron chi connectivity index (χ1n) is 5.70. The second kappa shape index (κ2) is 4.93. The van der Waals surface area contributed by atoms with Crippen molar-refractivity contribution in [3.63, 3.8) is 0 Å². The van der Waals surface area contributed by atoms with E-state index in [1.807, 2.05) is 28.2 Å². The van der Waals surface area contributed by atoms with Crippen LogP contribution in [0.1, 0.15) is 13.8 Å². The Hall–Kier alpha value is -1.63. The Morgan fingerprint density at radius 3 is 1.39 bits per heavy atom. The highest BCUT2D eigenvalue weighted by Gasteiger charge is 2.23. The van der Waals surface area contributed by atoms with E-state index in [1.54, 1.807) is 35.6 Å². The van der Waals surface area contributed by atoms with Crippen LogP contribution >= 0.6 is 0 Å². The van der Waals surface area contributed by atoms with Gasteiger partial charge in [-0.05, 0) is 13.8 Å². The molecule has 0 spiro atoms. The van der Waals surface area contributed by atoms with Gasteiger partial charge in [0.05, 0.1) is 0 Å². The van der Waals surface area contributed by atoms with Crippen molar-refractivity contribution < 1.29 is 5.11 Å². The molecule has 0 unspecified atom stereocenters. The number of anilines is 3. The summed E-state index contributed by atoms with van der Waals surface area (Å²) in [5.74, 6) is 1.55. The highest BCUT2D eigenvalue weighted by atomic mass is 16.3. The molecule has 0 atom stereocenters. The minimum Gasteiger partial charge on any atom is -0.371 e. The van der Waals surface area contributed by atoms with E-state index in [9.17, 15) is 5.11 Å². The molecule has 1 rings (SSSR count). The zero-order chi connectivity index (χ0) is 14.1. The van der Waals surface area contributed by atoms with Gasteiger partial charge in [0.2, 0.25) is 17.8 Å². The lowest BCUT2D eigenvalue weighted by Crippen LogP contribution is -2.42. The number of nitrogens with zero attached hydrogens (tertiary/aromatic N) is 6. The quantitative estimate of drug-likeness (QED) is 0.768. The molecule has 0 bridgehead atoms. The Kier molecular flexibility index (Phi) is 3.95. The minimum absolute atomic E-state index is 0.435. The number of aliphatic hydroxyl groups is 1. The third-order valence-corrected chi connectivity index (χ3v) is 2.52. The minimum atomic E-state index is -1.03. The molecule has 0 fully saturated rings. The second-order valence-corrected chi connectivity index (χ2v) is 5.08. The van der Waals surface area contributed by atoms with Crippen LogP contribution in [0.5, 0.6) is 0 Å². The standard InChI is InChI=1S/C11H22N6O/c1-11(2,18)17(7)10-13-8(15(3)4)12-9(14-10)16(5)6/h18H,1-7H3. The first kappa shape index (κ1) is 14.4. The fourth-order valence-corrected chi connectivity index (χ4v) is 1.14. The lowest BCUT2D eigenvalue weighted by molar-refractivity contribution is 0.0800. The van der Waals surface area contributed by atoms with E-state index in [4.69, 9.17) is 0 Å². The average Bonchev–Trinajstić information content (AvgIpc) is 2.26. The molecule has 0 aliphatic carbocycles. The Balaban J connectivity index is 3.27. The first-order chi connectivity index (χ1) is 8.12. The summed E-state index contributed by atoms with van der Waals surface area (Å²) >= 11 is 0. The van der Waals surface area contributed by atoms with E-state index in [-0.39, 0.29) is 0 Å². The van der Waals surface area contributed by atoms with Crippen molar-refractivity contribution in [1.82, 2.24) is 15.0 Å². The van der Waals surface area contributed by atoms with Gasteiger partial charge in [-0.2, -0.15) is 15.0 Å². The van der Waals surface area contributed by atoms with Gasteiger partial charge in [0.25, 0.3) is 0 Å². The van der Waals surface area contributed by atoms with E-state index in [0.717, 1.165) is 0 Å². The van der Waals surface area contributed by atoms with Crippen LogP contribution in [0.4, 0.5) is 17.8 Å². The molecule has 7 heteroatoms. The summed E-state index contributed by atoms with van der Waals surface area (Å²) in [6.45, 7) is 3.36. The molecule has 1 aromatic heterocycles. The Bertz CT molecular complexity index is 386. The molecule has 0 amide bonds. The lowest BCUT2D eigenvalue weighted by atomic mass is 10.3. The zero-order valence-corrected chi connectivity index (χ0v) is 12.1. The van der Waals surface area contributed by atoms with Crippen LogP contribution in [0, 0.1) is 0 Å². The van der Waals surface area contributed by atoms with Crippen molar-refractivity contribution in [2.45, 2.75) is 19.6 Å². The topological polar surface area (TPSA) is 68.6 Å². The van der Waals surface area contributed by atoms with Gasteiger partial charge in [0.1, 0.15) is 5.72 Å². The van der Waals surface area contributed by atoms with Gasteiger partial charge < -0.3 is 19.8 Å². The molecule has 0 aliphatic rings. The summed E-state index contributed by atoms with van der Waals surface area (Å²) < 4.78 is 0. The van der Waals surface area contributed by atoms with Gasteiger partial charge in [-0.15, -0.1) is 0 Å². The van der Waals surface area contributed by atoms with Crippen LogP contribution in [0.15, 0.2) is 0 Å². The number of aromatic nitrogens is 3. The molecule has 0 saturated heterocycles. The van der Waals surface area contributed by atoms with Crippen LogP contribution in [-0.2, 0) is 0 Å². The third kappa shape index (κ3) is 3.19. The van der Waals surface area contributed by atoms with Gasteiger partial charge in [-0.3, -0.25) is 0 Å². The predicted molar refractivity (Wildman–Crippen MR) is 73.2 cm³/mol. The predicted octanol–water partition coefficient (Wildman–Crippen LogP) is 0.168. The molecule has 0 saturated carbocycles.